The standard InChI is InChI=1S/C11H12ClN3O5S/c1-5(2)7(11(18)19)15-9(17)8(10(15)21(12)20)14(4-13)6(3)16/h7-8,10H,1H2,2-3H3,(H,18,19). The van der Waals surface area contributed by atoms with Crippen LogP contribution in [0.2, 0.25) is 0 Å². The second kappa shape index (κ2) is 6.24. The number of nitrogens with zero attached hydrogens (tertiary/aromatic N) is 3. The summed E-state index contributed by atoms with van der Waals surface area (Å²) < 4.78 is 11.6. The van der Waals surface area contributed by atoms with Crippen LogP contribution in [-0.4, -0.2) is 54.4 Å². The average molecular weight is 334 g/mol. The summed E-state index contributed by atoms with van der Waals surface area (Å²) in [7, 11) is 3.33. The SMILES string of the molecule is C=C(C)C(C(=O)O)N1C(=O)C(N(C#N)C(C)=O)C1S(=O)Cl. The average Bonchev–Trinajstić information content (AvgIpc) is 2.34. The second-order valence-electron chi connectivity index (χ2n) is 4.41. The van der Waals surface area contributed by atoms with E-state index in [1.54, 1.807) is 0 Å². The van der Waals surface area contributed by atoms with Gasteiger partial charge in [0.15, 0.2) is 23.7 Å². The lowest BCUT2D eigenvalue weighted by molar-refractivity contribution is -0.164. The minimum absolute atomic E-state index is 0.132. The van der Waals surface area contributed by atoms with E-state index in [9.17, 15) is 18.6 Å². The number of amides is 2. The number of β-lactam (4-membered cyclic amide) rings is 1. The van der Waals surface area contributed by atoms with Gasteiger partial charge in [0.1, 0.15) is 10.0 Å². The number of hydrogen-bond donors (Lipinski definition) is 1. The molecule has 114 valence electrons. The molecule has 4 unspecified atom stereocenters. The molecule has 8 nitrogen and oxygen atoms in total. The topological polar surface area (TPSA) is 119 Å². The third-order valence-electron chi connectivity index (χ3n) is 2.95. The zero-order chi connectivity index (χ0) is 16.5. The fourth-order valence-electron chi connectivity index (χ4n) is 2.07. The lowest BCUT2D eigenvalue weighted by Gasteiger charge is -2.49. The highest BCUT2D eigenvalue weighted by atomic mass is 35.7. The first-order valence-corrected chi connectivity index (χ1v) is 7.65. The van der Waals surface area contributed by atoms with E-state index < -0.39 is 45.3 Å². The molecule has 21 heavy (non-hydrogen) atoms. The number of nitriles is 1. The summed E-state index contributed by atoms with van der Waals surface area (Å²) in [5.41, 5.74) is 0.132. The van der Waals surface area contributed by atoms with Crippen LogP contribution in [0, 0.1) is 11.5 Å². The first-order chi connectivity index (χ1) is 9.64. The van der Waals surface area contributed by atoms with Crippen molar-refractivity contribution in [1.29, 1.82) is 5.26 Å². The Hall–Kier alpha value is -1.92. The molecule has 0 radical (unpaired) electrons. The van der Waals surface area contributed by atoms with Crippen molar-refractivity contribution in [2.24, 2.45) is 0 Å². The quantitative estimate of drug-likeness (QED) is 0.244. The van der Waals surface area contributed by atoms with E-state index in [4.69, 9.17) is 21.1 Å². The first kappa shape index (κ1) is 17.1. The molecule has 1 N–H and O–H groups in total. The Kier molecular flexibility index (Phi) is 5.09. The van der Waals surface area contributed by atoms with Crippen LogP contribution in [-0.2, 0) is 24.4 Å². The fraction of sp³-hybridized carbons (Fsp3) is 0.455. The van der Waals surface area contributed by atoms with Gasteiger partial charge in [0.2, 0.25) is 5.91 Å². The van der Waals surface area contributed by atoms with Crippen LogP contribution in [0.5, 0.6) is 0 Å². The lowest BCUT2D eigenvalue weighted by atomic mass is 9.98. The third-order valence-corrected chi connectivity index (χ3v) is 4.36. The Morgan fingerprint density at radius 2 is 2.10 bits per heavy atom. The van der Waals surface area contributed by atoms with Crippen molar-refractivity contribution in [2.75, 3.05) is 0 Å². The molecule has 0 aromatic rings. The molecule has 1 fully saturated rings. The minimum atomic E-state index is -2.17. The predicted octanol–water partition coefficient (Wildman–Crippen LogP) is -0.215. The Bertz CT molecular complexity index is 573. The number of carboxylic acid groups (broad SMARTS) is 1. The van der Waals surface area contributed by atoms with Gasteiger partial charge in [0.05, 0.1) is 0 Å². The molecular formula is C11H12ClN3O5S. The van der Waals surface area contributed by atoms with Crippen molar-refractivity contribution in [3.63, 3.8) is 0 Å². The summed E-state index contributed by atoms with van der Waals surface area (Å²) in [6, 6.07) is -2.79. The van der Waals surface area contributed by atoms with Gasteiger partial charge >= 0.3 is 5.97 Å². The highest BCUT2D eigenvalue weighted by molar-refractivity contribution is 8.08. The molecule has 0 aromatic carbocycles. The molecule has 1 aliphatic rings. The summed E-state index contributed by atoms with van der Waals surface area (Å²) in [5, 5.41) is 16.8. The molecule has 0 saturated carbocycles. The van der Waals surface area contributed by atoms with Crippen molar-refractivity contribution in [3.05, 3.63) is 12.2 Å². The Morgan fingerprint density at radius 1 is 1.57 bits per heavy atom. The van der Waals surface area contributed by atoms with Crippen molar-refractivity contribution < 1.29 is 23.7 Å². The molecule has 0 aliphatic carbocycles. The molecule has 2 amide bonds. The van der Waals surface area contributed by atoms with Crippen LogP contribution in [0.3, 0.4) is 0 Å². The van der Waals surface area contributed by atoms with Crippen LogP contribution in [0.25, 0.3) is 0 Å². The van der Waals surface area contributed by atoms with Gasteiger partial charge in [0.25, 0.3) is 5.91 Å². The lowest BCUT2D eigenvalue weighted by Crippen LogP contribution is -2.74. The number of carbonyl (C=O) groups excluding carboxylic acids is 2. The Labute approximate surface area is 127 Å². The van der Waals surface area contributed by atoms with Gasteiger partial charge < -0.3 is 10.0 Å². The predicted molar refractivity (Wildman–Crippen MR) is 72.8 cm³/mol. The van der Waals surface area contributed by atoms with E-state index in [-0.39, 0.29) is 5.57 Å². The number of carboxylic acids is 1. The highest BCUT2D eigenvalue weighted by Crippen LogP contribution is 2.33. The number of halogens is 1. The maximum atomic E-state index is 12.1. The number of rotatable bonds is 5. The van der Waals surface area contributed by atoms with Gasteiger partial charge in [-0.15, -0.1) is 0 Å². The summed E-state index contributed by atoms with van der Waals surface area (Å²) >= 11 is 0. The summed E-state index contributed by atoms with van der Waals surface area (Å²) in [6.07, 6.45) is 1.51. The summed E-state index contributed by atoms with van der Waals surface area (Å²) in [4.78, 5) is 36.0. The van der Waals surface area contributed by atoms with Gasteiger partial charge in [0, 0.05) is 6.92 Å². The molecule has 1 saturated heterocycles. The molecule has 1 rings (SSSR count). The molecule has 1 aliphatic heterocycles. The summed E-state index contributed by atoms with van der Waals surface area (Å²) in [5.74, 6) is -2.92. The maximum Gasteiger partial charge on any atom is 0.330 e. The highest BCUT2D eigenvalue weighted by Gasteiger charge is 2.58. The molecule has 10 heteroatoms. The minimum Gasteiger partial charge on any atom is -0.479 e. The van der Waals surface area contributed by atoms with Crippen molar-refractivity contribution in [1.82, 2.24) is 9.80 Å². The molecule has 0 aromatic heterocycles. The van der Waals surface area contributed by atoms with E-state index in [0.717, 1.165) is 11.8 Å². The first-order valence-electron chi connectivity index (χ1n) is 5.61. The second-order valence-corrected chi connectivity index (χ2v) is 6.30. The van der Waals surface area contributed by atoms with Gasteiger partial charge in [-0.1, -0.05) is 6.58 Å². The molecule has 1 heterocycles. The fourth-order valence-corrected chi connectivity index (χ4v) is 3.46. The van der Waals surface area contributed by atoms with Crippen LogP contribution < -0.4 is 0 Å². The Balaban J connectivity index is 3.23. The molecule has 0 spiro atoms. The number of aliphatic carboxylic acids is 1. The monoisotopic (exact) mass is 333 g/mol. The molecule has 0 bridgehead atoms. The van der Waals surface area contributed by atoms with Crippen LogP contribution in [0.1, 0.15) is 13.8 Å². The molecule has 4 atom stereocenters. The van der Waals surface area contributed by atoms with E-state index >= 15 is 0 Å². The molecular weight excluding hydrogens is 322 g/mol. The van der Waals surface area contributed by atoms with Crippen molar-refractivity contribution in [3.8, 4) is 6.19 Å². The maximum absolute atomic E-state index is 12.1. The normalized spacial score (nSPS) is 23.5. The van der Waals surface area contributed by atoms with Crippen LogP contribution >= 0.6 is 10.7 Å². The van der Waals surface area contributed by atoms with Gasteiger partial charge in [-0.2, -0.15) is 5.26 Å². The van der Waals surface area contributed by atoms with Crippen LogP contribution in [0.4, 0.5) is 0 Å². The van der Waals surface area contributed by atoms with Crippen LogP contribution in [0.15, 0.2) is 12.2 Å². The van der Waals surface area contributed by atoms with E-state index in [2.05, 4.69) is 6.58 Å². The van der Waals surface area contributed by atoms with Gasteiger partial charge in [-0.05, 0) is 23.2 Å². The number of hydrogen-bond acceptors (Lipinski definition) is 5. The van der Waals surface area contributed by atoms with Crippen molar-refractivity contribution >= 4 is 38.5 Å². The summed E-state index contributed by atoms with van der Waals surface area (Å²) in [6.45, 7) is 5.92. The van der Waals surface area contributed by atoms with E-state index in [1.807, 2.05) is 0 Å². The van der Waals surface area contributed by atoms with Gasteiger partial charge in [-0.25, -0.2) is 13.9 Å². The van der Waals surface area contributed by atoms with E-state index in [1.165, 1.54) is 13.1 Å². The largest absolute Gasteiger partial charge is 0.479 e. The van der Waals surface area contributed by atoms with Crippen molar-refractivity contribution in [2.45, 2.75) is 31.3 Å². The number of carbonyl (C=O) groups is 3. The smallest absolute Gasteiger partial charge is 0.330 e. The zero-order valence-corrected chi connectivity index (χ0v) is 12.7. The third kappa shape index (κ3) is 2.91. The van der Waals surface area contributed by atoms with E-state index in [0.29, 0.717) is 4.90 Å². The number of likely N-dealkylation sites (tertiary alicyclic amines) is 1. The Morgan fingerprint density at radius 3 is 2.38 bits per heavy atom. The zero-order valence-electron chi connectivity index (χ0n) is 11.1. The van der Waals surface area contributed by atoms with Gasteiger partial charge in [-0.3, -0.25) is 9.59 Å².